The van der Waals surface area contributed by atoms with Crippen molar-refractivity contribution in [1.82, 2.24) is 0 Å². The van der Waals surface area contributed by atoms with Crippen molar-refractivity contribution in [2.45, 2.75) is 31.2 Å². The number of rotatable bonds is 1. The summed E-state index contributed by atoms with van der Waals surface area (Å²) in [6.07, 6.45) is -0.285. The molecule has 0 aromatic rings. The molecule has 1 nitrogen and oxygen atoms in total. The first-order valence-electron chi connectivity index (χ1n) is 2.31. The van der Waals surface area contributed by atoms with E-state index in [1.165, 1.54) is 0 Å². The Morgan fingerprint density at radius 2 is 1.71 bits per heavy atom. The van der Waals surface area contributed by atoms with Crippen molar-refractivity contribution >= 4 is 15.9 Å². The lowest BCUT2D eigenvalue weighted by atomic mass is 10.1. The number of alkyl halides is 1. The normalized spacial score (nSPS) is 16.7. The predicted octanol–water partition coefficient (Wildman–Crippen LogP) is 1.54. The molecule has 0 saturated heterocycles. The monoisotopic (exact) mass is 166 g/mol. The molecule has 0 aliphatic rings. The molecule has 2 heteroatoms. The summed E-state index contributed by atoms with van der Waals surface area (Å²) < 4.78 is -0.132. The molecule has 0 aromatic carbocycles. The Labute approximate surface area is 52.9 Å². The Morgan fingerprint density at radius 1 is 1.57 bits per heavy atom. The second-order valence-electron chi connectivity index (χ2n) is 2.24. The number of hydrogen-bond donors (Lipinski definition) is 1. The van der Waals surface area contributed by atoms with Crippen LogP contribution in [0.15, 0.2) is 0 Å². The number of hydrogen-bond acceptors (Lipinski definition) is 1. The van der Waals surface area contributed by atoms with Crippen molar-refractivity contribution in [3.05, 3.63) is 0 Å². The summed E-state index contributed by atoms with van der Waals surface area (Å²) in [6, 6.07) is 0. The molecule has 0 aliphatic heterocycles. The summed E-state index contributed by atoms with van der Waals surface area (Å²) in [5.74, 6) is 0. The Morgan fingerprint density at radius 3 is 1.71 bits per heavy atom. The average Bonchev–Trinajstić information content (AvgIpc) is 1.31. The second-order valence-corrected chi connectivity index (χ2v) is 4.28. The van der Waals surface area contributed by atoms with Crippen molar-refractivity contribution in [3.63, 3.8) is 0 Å². The van der Waals surface area contributed by atoms with E-state index in [0.717, 1.165) is 0 Å². The summed E-state index contributed by atoms with van der Waals surface area (Å²) in [7, 11) is 0. The van der Waals surface area contributed by atoms with E-state index in [4.69, 9.17) is 5.11 Å². The minimum atomic E-state index is -0.285. The van der Waals surface area contributed by atoms with E-state index in [1.807, 2.05) is 13.8 Å². The summed E-state index contributed by atoms with van der Waals surface area (Å²) in [5, 5.41) is 8.84. The van der Waals surface area contributed by atoms with Gasteiger partial charge in [0.25, 0.3) is 0 Å². The van der Waals surface area contributed by atoms with Crippen LogP contribution >= 0.6 is 15.9 Å². The van der Waals surface area contributed by atoms with Gasteiger partial charge < -0.3 is 5.11 Å². The molecule has 0 heterocycles. The van der Waals surface area contributed by atoms with E-state index in [9.17, 15) is 0 Å². The molecule has 0 spiro atoms. The Kier molecular flexibility index (Phi) is 2.27. The van der Waals surface area contributed by atoms with Gasteiger partial charge in [0, 0.05) is 4.32 Å². The second kappa shape index (κ2) is 2.14. The summed E-state index contributed by atoms with van der Waals surface area (Å²) >= 11 is 3.29. The van der Waals surface area contributed by atoms with Gasteiger partial charge in [-0.3, -0.25) is 0 Å². The van der Waals surface area contributed by atoms with E-state index in [2.05, 4.69) is 15.9 Å². The number of aliphatic hydroxyl groups excluding tert-OH is 1. The Balaban J connectivity index is 3.54. The van der Waals surface area contributed by atoms with Gasteiger partial charge in [-0.15, -0.1) is 0 Å². The Bertz CT molecular complexity index is 53.6. The third-order valence-corrected chi connectivity index (χ3v) is 1.66. The average molecular weight is 167 g/mol. The van der Waals surface area contributed by atoms with Crippen molar-refractivity contribution in [3.8, 4) is 0 Å². The van der Waals surface area contributed by atoms with Crippen molar-refractivity contribution < 1.29 is 5.11 Å². The summed E-state index contributed by atoms with van der Waals surface area (Å²) in [4.78, 5) is 0. The van der Waals surface area contributed by atoms with Gasteiger partial charge in [-0.2, -0.15) is 0 Å². The molecule has 7 heavy (non-hydrogen) atoms. The van der Waals surface area contributed by atoms with Crippen LogP contribution in [0.25, 0.3) is 0 Å². The quantitative estimate of drug-likeness (QED) is 0.587. The fourth-order valence-electron chi connectivity index (χ4n) is 0. The molecule has 0 aliphatic carbocycles. The van der Waals surface area contributed by atoms with Crippen LogP contribution < -0.4 is 0 Å². The maximum atomic E-state index is 8.84. The maximum absolute atomic E-state index is 8.84. The van der Waals surface area contributed by atoms with Gasteiger partial charge in [-0.1, -0.05) is 15.9 Å². The maximum Gasteiger partial charge on any atom is 0.0659 e. The molecule has 1 N–H and O–H groups in total. The first kappa shape index (κ1) is 7.44. The van der Waals surface area contributed by atoms with Crippen LogP contribution in [-0.4, -0.2) is 15.5 Å². The van der Waals surface area contributed by atoms with Crippen LogP contribution in [0.5, 0.6) is 0 Å². The van der Waals surface area contributed by atoms with Crippen molar-refractivity contribution in [2.75, 3.05) is 0 Å². The number of aliphatic hydroxyl groups is 1. The standard InChI is InChI=1S/C5H11BrO/c1-4(7)5(2,3)6/h4,7H,1-3H3/t4-/m0/s1. The van der Waals surface area contributed by atoms with Gasteiger partial charge in [0.15, 0.2) is 0 Å². The van der Waals surface area contributed by atoms with Gasteiger partial charge in [-0.25, -0.2) is 0 Å². The first-order chi connectivity index (χ1) is 2.94. The van der Waals surface area contributed by atoms with E-state index < -0.39 is 0 Å². The highest BCUT2D eigenvalue weighted by Gasteiger charge is 2.18. The zero-order valence-corrected chi connectivity index (χ0v) is 6.49. The molecule has 0 bridgehead atoms. The van der Waals surface area contributed by atoms with Crippen LogP contribution in [0.2, 0.25) is 0 Å². The fourth-order valence-corrected chi connectivity index (χ4v) is 0. The topological polar surface area (TPSA) is 20.2 Å². The third kappa shape index (κ3) is 3.06. The van der Waals surface area contributed by atoms with Crippen LogP contribution in [0.4, 0.5) is 0 Å². The van der Waals surface area contributed by atoms with Crippen LogP contribution in [0, 0.1) is 0 Å². The van der Waals surface area contributed by atoms with E-state index in [0.29, 0.717) is 0 Å². The summed E-state index contributed by atoms with van der Waals surface area (Å²) in [6.45, 7) is 5.62. The lowest BCUT2D eigenvalue weighted by Crippen LogP contribution is -2.25. The highest BCUT2D eigenvalue weighted by atomic mass is 79.9. The molecule has 44 valence electrons. The van der Waals surface area contributed by atoms with Crippen LogP contribution in [-0.2, 0) is 0 Å². The molecule has 0 fully saturated rings. The van der Waals surface area contributed by atoms with Gasteiger partial charge >= 0.3 is 0 Å². The SMILES string of the molecule is C[C@H](O)C(C)(C)Br. The lowest BCUT2D eigenvalue weighted by Gasteiger charge is -2.18. The molecule has 0 unspecified atom stereocenters. The van der Waals surface area contributed by atoms with E-state index >= 15 is 0 Å². The largest absolute Gasteiger partial charge is 0.392 e. The molecule has 0 rings (SSSR count). The van der Waals surface area contributed by atoms with Gasteiger partial charge in [0.05, 0.1) is 6.10 Å². The smallest absolute Gasteiger partial charge is 0.0659 e. The minimum Gasteiger partial charge on any atom is -0.392 e. The zero-order valence-electron chi connectivity index (χ0n) is 4.90. The minimum absolute atomic E-state index is 0.132. The van der Waals surface area contributed by atoms with Crippen molar-refractivity contribution in [2.24, 2.45) is 0 Å². The molecule has 0 aromatic heterocycles. The van der Waals surface area contributed by atoms with Gasteiger partial charge in [0.2, 0.25) is 0 Å². The third-order valence-electron chi connectivity index (χ3n) is 0.993. The summed E-state index contributed by atoms with van der Waals surface area (Å²) in [5.41, 5.74) is 0. The molecular formula is C5H11BrO. The number of halogens is 1. The lowest BCUT2D eigenvalue weighted by molar-refractivity contribution is 0.164. The van der Waals surface area contributed by atoms with Crippen molar-refractivity contribution in [1.29, 1.82) is 0 Å². The zero-order chi connectivity index (χ0) is 6.08. The highest BCUT2D eigenvalue weighted by molar-refractivity contribution is 9.10. The first-order valence-corrected chi connectivity index (χ1v) is 3.11. The molecule has 0 radical (unpaired) electrons. The predicted molar refractivity (Wildman–Crippen MR) is 34.7 cm³/mol. The fraction of sp³-hybridized carbons (Fsp3) is 1.00. The highest BCUT2D eigenvalue weighted by Crippen LogP contribution is 2.19. The Hall–Kier alpha value is 0.440. The molecular weight excluding hydrogens is 156 g/mol. The molecule has 1 atom stereocenters. The van der Waals surface area contributed by atoms with E-state index in [-0.39, 0.29) is 10.4 Å². The molecule has 0 saturated carbocycles. The van der Waals surface area contributed by atoms with Gasteiger partial charge in [0.1, 0.15) is 0 Å². The van der Waals surface area contributed by atoms with Gasteiger partial charge in [-0.05, 0) is 20.8 Å². The molecule has 0 amide bonds. The van der Waals surface area contributed by atoms with Crippen LogP contribution in [0.1, 0.15) is 20.8 Å². The van der Waals surface area contributed by atoms with E-state index in [1.54, 1.807) is 6.92 Å². The van der Waals surface area contributed by atoms with Crippen LogP contribution in [0.3, 0.4) is 0 Å².